The predicted molar refractivity (Wildman–Crippen MR) is 67.4 cm³/mol. The fraction of sp³-hybridized carbons (Fsp3) is 0.308. The van der Waals surface area contributed by atoms with E-state index in [-0.39, 0.29) is 11.1 Å². The van der Waals surface area contributed by atoms with Gasteiger partial charge in [0.1, 0.15) is 0 Å². The normalized spacial score (nSPS) is 15.7. The van der Waals surface area contributed by atoms with Crippen molar-refractivity contribution in [3.63, 3.8) is 0 Å². The molecule has 0 saturated heterocycles. The number of halogens is 3. The van der Waals surface area contributed by atoms with Gasteiger partial charge in [0.05, 0.1) is 30.1 Å². The van der Waals surface area contributed by atoms with Gasteiger partial charge in [-0.05, 0) is 12.1 Å². The van der Waals surface area contributed by atoms with Crippen LogP contribution in [0.4, 0.5) is 18.0 Å². The summed E-state index contributed by atoms with van der Waals surface area (Å²) in [6, 6.07) is 4.20. The van der Waals surface area contributed by atoms with Crippen molar-refractivity contribution in [2.45, 2.75) is 18.6 Å². The molecule has 0 bridgehead atoms. The lowest BCUT2D eigenvalue weighted by atomic mass is 10.1. The van der Waals surface area contributed by atoms with Gasteiger partial charge in [-0.15, -0.1) is 0 Å². The third kappa shape index (κ3) is 3.35. The summed E-state index contributed by atoms with van der Waals surface area (Å²) in [5.74, 6) is -1.47. The molecular formula is C13H11F3N2O4. The topological polar surface area (TPSA) is 86.7 Å². The van der Waals surface area contributed by atoms with E-state index < -0.39 is 43.1 Å². The van der Waals surface area contributed by atoms with Crippen molar-refractivity contribution >= 4 is 17.9 Å². The van der Waals surface area contributed by atoms with E-state index in [4.69, 9.17) is 5.11 Å². The predicted octanol–water partition coefficient (Wildman–Crippen LogP) is 1.87. The Hall–Kier alpha value is -2.58. The third-order valence-electron chi connectivity index (χ3n) is 3.09. The van der Waals surface area contributed by atoms with Crippen molar-refractivity contribution < 1.29 is 32.7 Å². The molecule has 0 saturated carbocycles. The number of fused-ring (bicyclic) bond motifs is 1. The second-order valence-corrected chi connectivity index (χ2v) is 4.73. The summed E-state index contributed by atoms with van der Waals surface area (Å²) in [4.78, 5) is 35.3. The monoisotopic (exact) mass is 316 g/mol. The second kappa shape index (κ2) is 5.66. The van der Waals surface area contributed by atoms with Crippen molar-refractivity contribution in [2.75, 3.05) is 6.54 Å². The summed E-state index contributed by atoms with van der Waals surface area (Å²) >= 11 is 0. The molecule has 1 unspecified atom stereocenters. The lowest BCUT2D eigenvalue weighted by Gasteiger charge is -2.23. The zero-order valence-electron chi connectivity index (χ0n) is 11.1. The molecule has 2 N–H and O–H groups in total. The Morgan fingerprint density at radius 2 is 1.68 bits per heavy atom. The quantitative estimate of drug-likeness (QED) is 0.830. The molecule has 118 valence electrons. The molecule has 22 heavy (non-hydrogen) atoms. The molecule has 1 heterocycles. The van der Waals surface area contributed by atoms with Gasteiger partial charge in [-0.3, -0.25) is 14.5 Å². The Morgan fingerprint density at radius 3 is 2.09 bits per heavy atom. The first-order valence-electron chi connectivity index (χ1n) is 6.20. The number of alkyl halides is 3. The van der Waals surface area contributed by atoms with Crippen LogP contribution in [0.25, 0.3) is 0 Å². The van der Waals surface area contributed by atoms with Gasteiger partial charge in [0.25, 0.3) is 11.8 Å². The summed E-state index contributed by atoms with van der Waals surface area (Å²) < 4.78 is 37.4. The molecule has 0 aromatic heterocycles. The van der Waals surface area contributed by atoms with Gasteiger partial charge >= 0.3 is 12.3 Å². The minimum absolute atomic E-state index is 0.0913. The zero-order chi connectivity index (χ0) is 16.5. The van der Waals surface area contributed by atoms with Crippen LogP contribution in [0, 0.1) is 0 Å². The van der Waals surface area contributed by atoms with Crippen LogP contribution >= 0.6 is 0 Å². The van der Waals surface area contributed by atoms with Crippen LogP contribution in [0.3, 0.4) is 0 Å². The number of carbonyl (C=O) groups is 3. The minimum Gasteiger partial charge on any atom is -0.465 e. The lowest BCUT2D eigenvalue weighted by molar-refractivity contribution is -0.140. The first-order chi connectivity index (χ1) is 10.2. The molecule has 0 spiro atoms. The number of carboxylic acid groups (broad SMARTS) is 1. The molecule has 1 aliphatic rings. The van der Waals surface area contributed by atoms with Crippen molar-refractivity contribution in [1.29, 1.82) is 0 Å². The highest BCUT2D eigenvalue weighted by Gasteiger charge is 2.39. The van der Waals surface area contributed by atoms with E-state index in [1.807, 2.05) is 0 Å². The molecule has 0 radical (unpaired) electrons. The summed E-state index contributed by atoms with van der Waals surface area (Å²) in [6.07, 6.45) is -7.77. The number of amides is 3. The minimum atomic E-state index is -4.63. The van der Waals surface area contributed by atoms with Gasteiger partial charge in [0, 0.05) is 0 Å². The Balaban J connectivity index is 2.19. The highest BCUT2D eigenvalue weighted by Crippen LogP contribution is 2.26. The zero-order valence-corrected chi connectivity index (χ0v) is 11.1. The molecule has 1 aromatic carbocycles. The number of hydrogen-bond donors (Lipinski definition) is 2. The van der Waals surface area contributed by atoms with Gasteiger partial charge in [0.15, 0.2) is 0 Å². The number of nitrogens with zero attached hydrogens (tertiary/aromatic N) is 1. The van der Waals surface area contributed by atoms with Crippen molar-refractivity contribution in [2.24, 2.45) is 0 Å². The fourth-order valence-electron chi connectivity index (χ4n) is 2.24. The second-order valence-electron chi connectivity index (χ2n) is 4.73. The molecule has 1 aliphatic heterocycles. The first kappa shape index (κ1) is 15.8. The van der Waals surface area contributed by atoms with Gasteiger partial charge in [-0.1, -0.05) is 12.1 Å². The average Bonchev–Trinajstić information content (AvgIpc) is 2.62. The van der Waals surface area contributed by atoms with Crippen LogP contribution in [-0.2, 0) is 0 Å². The molecule has 0 fully saturated rings. The maximum Gasteiger partial charge on any atom is 0.404 e. The number of hydrogen-bond acceptors (Lipinski definition) is 3. The fourth-order valence-corrected chi connectivity index (χ4v) is 2.24. The Kier molecular flexibility index (Phi) is 4.07. The molecule has 1 aromatic rings. The van der Waals surface area contributed by atoms with Crippen LogP contribution in [0.15, 0.2) is 24.3 Å². The Morgan fingerprint density at radius 1 is 1.18 bits per heavy atom. The van der Waals surface area contributed by atoms with E-state index in [0.29, 0.717) is 4.90 Å². The highest BCUT2D eigenvalue weighted by molar-refractivity contribution is 6.21. The number of carbonyl (C=O) groups excluding carboxylic acids is 2. The van der Waals surface area contributed by atoms with E-state index in [9.17, 15) is 27.6 Å². The number of nitrogens with one attached hydrogen (secondary N) is 1. The lowest BCUT2D eigenvalue weighted by Crippen LogP contribution is -2.47. The van der Waals surface area contributed by atoms with Crippen LogP contribution < -0.4 is 5.32 Å². The summed E-state index contributed by atoms with van der Waals surface area (Å²) in [6.45, 7) is -0.682. The molecular weight excluding hydrogens is 305 g/mol. The highest BCUT2D eigenvalue weighted by atomic mass is 19.4. The largest absolute Gasteiger partial charge is 0.465 e. The van der Waals surface area contributed by atoms with Gasteiger partial charge in [-0.2, -0.15) is 13.2 Å². The molecule has 0 aliphatic carbocycles. The Labute approximate surface area is 122 Å². The molecule has 1 atom stereocenters. The van der Waals surface area contributed by atoms with Crippen LogP contribution in [-0.4, -0.2) is 46.7 Å². The first-order valence-corrected chi connectivity index (χ1v) is 6.20. The summed E-state index contributed by atoms with van der Waals surface area (Å²) in [5, 5.41) is 10.3. The molecule has 2 rings (SSSR count). The van der Waals surface area contributed by atoms with E-state index in [1.165, 1.54) is 24.3 Å². The van der Waals surface area contributed by atoms with E-state index in [2.05, 4.69) is 0 Å². The number of benzene rings is 1. The maximum absolute atomic E-state index is 12.5. The number of rotatable bonds is 4. The summed E-state index contributed by atoms with van der Waals surface area (Å²) in [5.41, 5.74) is 0.183. The van der Waals surface area contributed by atoms with Crippen LogP contribution in [0.1, 0.15) is 27.1 Å². The van der Waals surface area contributed by atoms with Gasteiger partial charge in [0.2, 0.25) is 0 Å². The van der Waals surface area contributed by atoms with E-state index in [1.54, 1.807) is 5.32 Å². The smallest absolute Gasteiger partial charge is 0.404 e. The Bertz CT molecular complexity index is 595. The maximum atomic E-state index is 12.5. The average molecular weight is 316 g/mol. The molecule has 6 nitrogen and oxygen atoms in total. The molecule has 3 amide bonds. The van der Waals surface area contributed by atoms with Crippen LogP contribution in [0.2, 0.25) is 0 Å². The standard InChI is InChI=1S/C13H11F3N2O4/c14-13(15,16)5-7(17-12(21)22)6-18-10(19)8-3-1-2-4-9(8)11(18)20/h1-4,7,17H,5-6H2,(H,21,22). The van der Waals surface area contributed by atoms with Crippen molar-refractivity contribution in [1.82, 2.24) is 10.2 Å². The van der Waals surface area contributed by atoms with Gasteiger partial charge in [-0.25, -0.2) is 4.79 Å². The van der Waals surface area contributed by atoms with Crippen molar-refractivity contribution in [3.8, 4) is 0 Å². The third-order valence-corrected chi connectivity index (χ3v) is 3.09. The summed E-state index contributed by atoms with van der Waals surface area (Å²) in [7, 11) is 0. The van der Waals surface area contributed by atoms with E-state index >= 15 is 0 Å². The van der Waals surface area contributed by atoms with E-state index in [0.717, 1.165) is 0 Å². The van der Waals surface area contributed by atoms with Gasteiger partial charge < -0.3 is 10.4 Å². The van der Waals surface area contributed by atoms with Crippen LogP contribution in [0.5, 0.6) is 0 Å². The SMILES string of the molecule is O=C(O)NC(CN1C(=O)c2ccccc2C1=O)CC(F)(F)F. The van der Waals surface area contributed by atoms with Crippen molar-refractivity contribution in [3.05, 3.63) is 35.4 Å². The molecule has 9 heteroatoms. The number of imide groups is 1.